The smallest absolute Gasteiger partial charge is 0.295 e. The van der Waals surface area contributed by atoms with Gasteiger partial charge in [-0.2, -0.15) is 0 Å². The molecule has 0 saturated carbocycles. The summed E-state index contributed by atoms with van der Waals surface area (Å²) in [6.45, 7) is 0.0967. The lowest BCUT2D eigenvalue weighted by Gasteiger charge is -2.17. The Bertz CT molecular complexity index is 1010. The van der Waals surface area contributed by atoms with Gasteiger partial charge >= 0.3 is 0 Å². The number of rotatable bonds is 4. The number of carbonyl (C=O) groups excluding carboxylic acids is 1. The van der Waals surface area contributed by atoms with E-state index in [-0.39, 0.29) is 18.0 Å². The van der Waals surface area contributed by atoms with Gasteiger partial charge in [-0.3, -0.25) is 14.9 Å². The fourth-order valence-corrected chi connectivity index (χ4v) is 2.96. The van der Waals surface area contributed by atoms with Crippen LogP contribution in [0.4, 0.5) is 5.69 Å². The van der Waals surface area contributed by atoms with Gasteiger partial charge in [0.15, 0.2) is 11.5 Å². The van der Waals surface area contributed by atoms with E-state index < -0.39 is 16.9 Å². The summed E-state index contributed by atoms with van der Waals surface area (Å²) in [4.78, 5) is 27.2. The van der Waals surface area contributed by atoms with Crippen molar-refractivity contribution in [1.82, 2.24) is 9.55 Å². The van der Waals surface area contributed by atoms with E-state index in [1.807, 2.05) is 0 Å². The normalized spacial score (nSPS) is 13.8. The Morgan fingerprint density at radius 2 is 2.08 bits per heavy atom. The maximum absolute atomic E-state index is 12.2. The maximum Gasteiger partial charge on any atom is 0.295 e. The van der Waals surface area contributed by atoms with Gasteiger partial charge < -0.3 is 19.8 Å². The number of aromatic nitrogens is 2. The number of nitrogens with zero attached hydrogens (tertiary/aromatic N) is 3. The highest BCUT2D eigenvalue weighted by Crippen LogP contribution is 2.36. The first-order chi connectivity index (χ1) is 12.1. The molecule has 1 aliphatic rings. The van der Waals surface area contributed by atoms with Crippen molar-refractivity contribution in [2.24, 2.45) is 5.73 Å². The summed E-state index contributed by atoms with van der Waals surface area (Å²) in [5.41, 5.74) is 6.60. The molecule has 1 aromatic heterocycles. The predicted octanol–water partition coefficient (Wildman–Crippen LogP) is 1.75. The number of nitro groups is 1. The van der Waals surface area contributed by atoms with Crippen molar-refractivity contribution in [3.63, 3.8) is 0 Å². The second-order valence-electron chi connectivity index (χ2n) is 5.47. The number of fused-ring (bicyclic) bond motifs is 2. The highest BCUT2D eigenvalue weighted by molar-refractivity contribution is 5.89. The number of ether oxygens (including phenoxy) is 2. The molecule has 2 aromatic carbocycles. The number of hydrogen-bond donors (Lipinski definition) is 1. The molecule has 4 rings (SSSR count). The van der Waals surface area contributed by atoms with Gasteiger partial charge in [0.05, 0.1) is 16.8 Å². The molecule has 0 bridgehead atoms. The van der Waals surface area contributed by atoms with Crippen molar-refractivity contribution in [3.05, 3.63) is 58.4 Å². The Hall–Kier alpha value is -3.62. The zero-order chi connectivity index (χ0) is 17.6. The maximum atomic E-state index is 12.2. The number of hydrogen-bond acceptors (Lipinski definition) is 6. The van der Waals surface area contributed by atoms with Crippen molar-refractivity contribution in [3.8, 4) is 11.5 Å². The quantitative estimate of drug-likeness (QED) is 0.570. The van der Waals surface area contributed by atoms with E-state index in [0.29, 0.717) is 22.6 Å². The number of primary amides is 1. The minimum atomic E-state index is -0.972. The monoisotopic (exact) mass is 340 g/mol. The summed E-state index contributed by atoms with van der Waals surface area (Å²) in [7, 11) is 0. The Labute approximate surface area is 140 Å². The number of benzene rings is 2. The van der Waals surface area contributed by atoms with E-state index in [2.05, 4.69) is 4.98 Å². The van der Waals surface area contributed by atoms with Gasteiger partial charge in [0.25, 0.3) is 5.69 Å². The molecule has 1 aliphatic heterocycles. The lowest BCUT2D eigenvalue weighted by Crippen LogP contribution is -2.27. The van der Waals surface area contributed by atoms with E-state index in [1.54, 1.807) is 24.3 Å². The van der Waals surface area contributed by atoms with E-state index in [9.17, 15) is 14.9 Å². The van der Waals surface area contributed by atoms with E-state index in [0.717, 1.165) is 0 Å². The minimum Gasteiger partial charge on any atom is -0.454 e. The Kier molecular flexibility index (Phi) is 3.27. The molecule has 0 fully saturated rings. The van der Waals surface area contributed by atoms with Crippen LogP contribution in [0, 0.1) is 10.1 Å². The van der Waals surface area contributed by atoms with Crippen LogP contribution in [-0.4, -0.2) is 27.2 Å². The predicted molar refractivity (Wildman–Crippen MR) is 86.3 cm³/mol. The van der Waals surface area contributed by atoms with Crippen LogP contribution in [0.5, 0.6) is 11.5 Å². The van der Waals surface area contributed by atoms with Crippen molar-refractivity contribution in [2.75, 3.05) is 6.79 Å². The summed E-state index contributed by atoms with van der Waals surface area (Å²) in [5.74, 6) is 0.382. The molecule has 1 atom stereocenters. The van der Waals surface area contributed by atoms with Crippen LogP contribution < -0.4 is 15.2 Å². The largest absolute Gasteiger partial charge is 0.454 e. The number of non-ortho nitro benzene ring substituents is 1. The molecule has 0 radical (unpaired) electrons. The molecule has 126 valence electrons. The van der Waals surface area contributed by atoms with Crippen LogP contribution in [0.2, 0.25) is 0 Å². The van der Waals surface area contributed by atoms with Crippen LogP contribution in [0.15, 0.2) is 42.7 Å². The fraction of sp³-hybridized carbons (Fsp3) is 0.125. The molecule has 1 amide bonds. The third kappa shape index (κ3) is 2.33. The van der Waals surface area contributed by atoms with Crippen LogP contribution >= 0.6 is 0 Å². The highest BCUT2D eigenvalue weighted by Gasteiger charge is 2.27. The average molecular weight is 340 g/mol. The number of imidazole rings is 1. The second kappa shape index (κ2) is 5.48. The van der Waals surface area contributed by atoms with Crippen molar-refractivity contribution < 1.29 is 19.2 Å². The zero-order valence-electron chi connectivity index (χ0n) is 12.8. The Morgan fingerprint density at radius 1 is 1.28 bits per heavy atom. The van der Waals surface area contributed by atoms with Gasteiger partial charge in [-0.1, -0.05) is 12.1 Å². The van der Waals surface area contributed by atoms with Gasteiger partial charge in [-0.15, -0.1) is 0 Å². The average Bonchev–Trinajstić information content (AvgIpc) is 3.21. The zero-order valence-corrected chi connectivity index (χ0v) is 12.8. The van der Waals surface area contributed by atoms with Gasteiger partial charge in [0.2, 0.25) is 12.7 Å². The lowest BCUT2D eigenvalue weighted by atomic mass is 10.0. The number of nitro benzene ring substituents is 1. The number of para-hydroxylation sites is 1. The summed E-state index contributed by atoms with van der Waals surface area (Å²) >= 11 is 0. The highest BCUT2D eigenvalue weighted by atomic mass is 16.7. The summed E-state index contributed by atoms with van der Waals surface area (Å²) in [6, 6.07) is 8.54. The van der Waals surface area contributed by atoms with Crippen LogP contribution in [-0.2, 0) is 4.79 Å². The van der Waals surface area contributed by atoms with Gasteiger partial charge in [0.1, 0.15) is 11.6 Å². The Balaban J connectivity index is 1.92. The van der Waals surface area contributed by atoms with Gasteiger partial charge in [-0.25, -0.2) is 4.98 Å². The molecular formula is C16H12N4O5. The standard InChI is InChI=1S/C16H12N4O5/c17-16(21)14(9-4-5-12-13(6-9)25-8-24-12)19-7-18-10-2-1-3-11(15(10)19)20(22)23/h1-7,14H,8H2,(H2,17,21). The van der Waals surface area contributed by atoms with E-state index in [1.165, 1.54) is 23.0 Å². The minimum absolute atomic E-state index is 0.0967. The lowest BCUT2D eigenvalue weighted by molar-refractivity contribution is -0.383. The van der Waals surface area contributed by atoms with Crippen molar-refractivity contribution in [1.29, 1.82) is 0 Å². The van der Waals surface area contributed by atoms with Crippen LogP contribution in [0.25, 0.3) is 11.0 Å². The molecule has 0 saturated heterocycles. The Morgan fingerprint density at radius 3 is 2.84 bits per heavy atom. The molecule has 25 heavy (non-hydrogen) atoms. The SMILES string of the molecule is NC(=O)C(c1ccc2c(c1)OCO2)n1cnc2cccc([N+](=O)[O-])c21. The topological polar surface area (TPSA) is 123 Å². The molecule has 2 N–H and O–H groups in total. The molecule has 9 heteroatoms. The molecule has 2 heterocycles. The first kappa shape index (κ1) is 14.9. The number of nitrogens with two attached hydrogens (primary N) is 1. The first-order valence-electron chi connectivity index (χ1n) is 7.35. The van der Waals surface area contributed by atoms with Gasteiger partial charge in [0, 0.05) is 6.07 Å². The summed E-state index contributed by atoms with van der Waals surface area (Å²) in [6.07, 6.45) is 1.37. The van der Waals surface area contributed by atoms with Gasteiger partial charge in [-0.05, 0) is 23.8 Å². The number of amides is 1. The second-order valence-corrected chi connectivity index (χ2v) is 5.47. The number of carbonyl (C=O) groups is 1. The third-order valence-corrected chi connectivity index (χ3v) is 4.03. The fourth-order valence-electron chi connectivity index (χ4n) is 2.96. The molecule has 1 unspecified atom stereocenters. The van der Waals surface area contributed by atoms with E-state index >= 15 is 0 Å². The summed E-state index contributed by atoms with van der Waals surface area (Å²) in [5, 5.41) is 11.4. The molecule has 9 nitrogen and oxygen atoms in total. The molecule has 3 aromatic rings. The van der Waals surface area contributed by atoms with Crippen molar-refractivity contribution in [2.45, 2.75) is 6.04 Å². The van der Waals surface area contributed by atoms with E-state index in [4.69, 9.17) is 15.2 Å². The molecule has 0 spiro atoms. The third-order valence-electron chi connectivity index (χ3n) is 4.03. The molecule has 0 aliphatic carbocycles. The van der Waals surface area contributed by atoms with Crippen molar-refractivity contribution >= 4 is 22.6 Å². The first-order valence-corrected chi connectivity index (χ1v) is 7.35. The van der Waals surface area contributed by atoms with Crippen LogP contribution in [0.3, 0.4) is 0 Å². The van der Waals surface area contributed by atoms with Crippen LogP contribution in [0.1, 0.15) is 11.6 Å². The summed E-state index contributed by atoms with van der Waals surface area (Å²) < 4.78 is 12.0. The molecular weight excluding hydrogens is 328 g/mol.